The first-order valence-corrected chi connectivity index (χ1v) is 19.4. The SMILES string of the molecule is COc1c(OS(=O)(=O)c2ccc(Br)cc2)cc2oc3cc(OS(=O)(=O)c4ccc(Br)cc4)c(CC=C(C)C)c(O)c3c(=O)c2c1CC=C(C)C. The molecule has 50 heavy (non-hydrogen) atoms. The van der Waals surface area contributed by atoms with Gasteiger partial charge in [-0.2, -0.15) is 16.8 Å². The van der Waals surface area contributed by atoms with Crippen LogP contribution in [0.4, 0.5) is 0 Å². The van der Waals surface area contributed by atoms with Crippen molar-refractivity contribution >= 4 is 74.0 Å². The van der Waals surface area contributed by atoms with Crippen LogP contribution in [0.5, 0.6) is 23.0 Å². The van der Waals surface area contributed by atoms with E-state index in [4.69, 9.17) is 17.5 Å². The number of phenols is 1. The molecule has 0 radical (unpaired) electrons. The molecule has 0 bridgehead atoms. The first kappa shape index (κ1) is 37.2. The number of ether oxygens (including phenoxy) is 1. The first-order valence-electron chi connectivity index (χ1n) is 15.0. The maximum absolute atomic E-state index is 14.4. The predicted octanol–water partition coefficient (Wildman–Crippen LogP) is 8.74. The minimum atomic E-state index is -4.40. The fourth-order valence-corrected chi connectivity index (χ4v) is 7.51. The monoisotopic (exact) mass is 846 g/mol. The topological polar surface area (TPSA) is 146 Å². The van der Waals surface area contributed by atoms with Gasteiger partial charge in [0.1, 0.15) is 32.1 Å². The lowest BCUT2D eigenvalue weighted by Gasteiger charge is -2.18. The van der Waals surface area contributed by atoms with Gasteiger partial charge in [-0.1, -0.05) is 55.2 Å². The van der Waals surface area contributed by atoms with Crippen molar-refractivity contribution in [3.8, 4) is 23.0 Å². The summed E-state index contributed by atoms with van der Waals surface area (Å²) in [6, 6.07) is 14.1. The second-order valence-electron chi connectivity index (χ2n) is 11.7. The highest BCUT2D eigenvalue weighted by atomic mass is 79.9. The number of halogens is 2. The van der Waals surface area contributed by atoms with Crippen molar-refractivity contribution in [2.45, 2.75) is 50.3 Å². The van der Waals surface area contributed by atoms with Gasteiger partial charge in [0, 0.05) is 32.2 Å². The number of hydrogen-bond acceptors (Lipinski definition) is 10. The summed E-state index contributed by atoms with van der Waals surface area (Å²) >= 11 is 6.57. The molecule has 0 unspecified atom stereocenters. The Morgan fingerprint density at radius 1 is 0.720 bits per heavy atom. The zero-order valence-electron chi connectivity index (χ0n) is 27.5. The molecule has 1 aromatic heterocycles. The molecule has 0 amide bonds. The molecule has 4 aromatic carbocycles. The normalized spacial score (nSPS) is 11.7. The molecule has 10 nitrogen and oxygen atoms in total. The first-order chi connectivity index (χ1) is 23.5. The third-order valence-electron chi connectivity index (χ3n) is 7.55. The Morgan fingerprint density at radius 3 is 1.64 bits per heavy atom. The largest absolute Gasteiger partial charge is 0.507 e. The van der Waals surface area contributed by atoms with E-state index < -0.39 is 31.4 Å². The predicted molar refractivity (Wildman–Crippen MR) is 198 cm³/mol. The van der Waals surface area contributed by atoms with Gasteiger partial charge < -0.3 is 22.6 Å². The van der Waals surface area contributed by atoms with Gasteiger partial charge in [-0.3, -0.25) is 4.79 Å². The Morgan fingerprint density at radius 2 is 1.16 bits per heavy atom. The van der Waals surface area contributed by atoms with Gasteiger partial charge in [0.05, 0.1) is 12.5 Å². The Labute approximate surface area is 306 Å². The molecular formula is C36H32Br2O10S2. The molecule has 14 heteroatoms. The van der Waals surface area contributed by atoms with Gasteiger partial charge in [0.25, 0.3) is 0 Å². The van der Waals surface area contributed by atoms with Crippen LogP contribution in [0.25, 0.3) is 21.9 Å². The molecule has 5 aromatic rings. The maximum Gasteiger partial charge on any atom is 0.339 e. The molecular weight excluding hydrogens is 816 g/mol. The van der Waals surface area contributed by atoms with Crippen molar-refractivity contribution in [1.82, 2.24) is 0 Å². The molecule has 0 aliphatic heterocycles. The van der Waals surface area contributed by atoms with Crippen LogP contribution in [0.3, 0.4) is 0 Å². The summed E-state index contributed by atoms with van der Waals surface area (Å²) in [5, 5.41) is 11.4. The molecule has 0 aliphatic carbocycles. The zero-order chi connectivity index (χ0) is 36.5. The Kier molecular flexibility index (Phi) is 10.9. The molecule has 0 atom stereocenters. The summed E-state index contributed by atoms with van der Waals surface area (Å²) in [5.74, 6) is -1.05. The van der Waals surface area contributed by atoms with E-state index in [2.05, 4.69) is 31.9 Å². The van der Waals surface area contributed by atoms with Crippen LogP contribution in [0, 0.1) is 0 Å². The van der Waals surface area contributed by atoms with Gasteiger partial charge >= 0.3 is 20.2 Å². The van der Waals surface area contributed by atoms with Gasteiger partial charge in [0.15, 0.2) is 17.2 Å². The summed E-state index contributed by atoms with van der Waals surface area (Å²) in [5.41, 5.74) is 1.12. The van der Waals surface area contributed by atoms with E-state index in [1.165, 1.54) is 43.5 Å². The number of aromatic hydroxyl groups is 1. The number of hydrogen-bond donors (Lipinski definition) is 1. The highest BCUT2D eigenvalue weighted by molar-refractivity contribution is 9.10. The Hall–Kier alpha value is -4.11. The third-order valence-corrected chi connectivity index (χ3v) is 11.1. The maximum atomic E-state index is 14.4. The second kappa shape index (κ2) is 14.6. The van der Waals surface area contributed by atoms with E-state index in [0.29, 0.717) is 8.95 Å². The molecule has 5 rings (SSSR count). The van der Waals surface area contributed by atoms with Crippen molar-refractivity contribution in [2.24, 2.45) is 0 Å². The lowest BCUT2D eigenvalue weighted by molar-refractivity contribution is 0.387. The van der Waals surface area contributed by atoms with E-state index in [9.17, 15) is 26.7 Å². The molecule has 0 spiro atoms. The smallest absolute Gasteiger partial charge is 0.339 e. The number of benzene rings is 4. The minimum Gasteiger partial charge on any atom is -0.507 e. The van der Waals surface area contributed by atoms with Crippen LogP contribution >= 0.6 is 31.9 Å². The van der Waals surface area contributed by atoms with Crippen LogP contribution in [-0.4, -0.2) is 29.1 Å². The van der Waals surface area contributed by atoms with Crippen molar-refractivity contribution < 1.29 is 39.5 Å². The summed E-state index contributed by atoms with van der Waals surface area (Å²) in [7, 11) is -7.47. The van der Waals surface area contributed by atoms with Crippen molar-refractivity contribution in [3.63, 3.8) is 0 Å². The van der Waals surface area contributed by atoms with Crippen LogP contribution in [-0.2, 0) is 33.1 Å². The molecule has 0 saturated heterocycles. The number of methoxy groups -OCH3 is 1. The summed E-state index contributed by atoms with van der Waals surface area (Å²) in [6.07, 6.45) is 3.71. The van der Waals surface area contributed by atoms with Crippen LogP contribution in [0.2, 0.25) is 0 Å². The fourth-order valence-electron chi connectivity index (χ4n) is 5.10. The van der Waals surface area contributed by atoms with Gasteiger partial charge in [-0.05, 0) is 89.1 Å². The highest BCUT2D eigenvalue weighted by Gasteiger charge is 2.28. The quantitative estimate of drug-likeness (QED) is 0.0778. The van der Waals surface area contributed by atoms with Crippen LogP contribution in [0.15, 0.2) is 112 Å². The zero-order valence-corrected chi connectivity index (χ0v) is 32.3. The number of allylic oxidation sites excluding steroid dienone is 4. The van der Waals surface area contributed by atoms with Gasteiger partial charge in [0.2, 0.25) is 5.43 Å². The molecule has 1 N–H and O–H groups in total. The third kappa shape index (κ3) is 7.78. The number of fused-ring (bicyclic) bond motifs is 2. The van der Waals surface area contributed by atoms with E-state index in [0.717, 1.165) is 11.1 Å². The lowest BCUT2D eigenvalue weighted by Crippen LogP contribution is -2.14. The molecule has 0 aliphatic rings. The lowest BCUT2D eigenvalue weighted by atomic mass is 9.98. The van der Waals surface area contributed by atoms with Crippen LogP contribution in [0.1, 0.15) is 38.8 Å². The average Bonchev–Trinajstić information content (AvgIpc) is 3.03. The second-order valence-corrected chi connectivity index (χ2v) is 16.6. The van der Waals surface area contributed by atoms with Gasteiger partial charge in [-0.15, -0.1) is 0 Å². The standard InChI is InChI=1S/C36H32Br2O10S2/c1-20(2)6-16-26-28(47-49(41,42)24-12-8-22(37)9-13-24)18-30-33(34(26)39)35(40)32-27(17-7-21(3)4)36(45-5)31(19-29(32)46-30)48-50(43,44)25-14-10-23(38)11-15-25/h6-15,18-19,39H,16-17H2,1-5H3. The Balaban J connectivity index is 1.81. The molecule has 1 heterocycles. The van der Waals surface area contributed by atoms with E-state index in [1.807, 2.05) is 33.8 Å². The molecule has 0 fully saturated rings. The van der Waals surface area contributed by atoms with E-state index in [-0.39, 0.29) is 72.9 Å². The highest BCUT2D eigenvalue weighted by Crippen LogP contribution is 2.43. The van der Waals surface area contributed by atoms with Crippen molar-refractivity contribution in [3.05, 3.63) is 114 Å². The number of rotatable bonds is 11. The Bertz CT molecular complexity index is 2460. The number of phenolic OH excluding ortho intramolecular Hbond substituents is 1. The minimum absolute atomic E-state index is 0.0138. The molecule has 0 saturated carbocycles. The molecule has 262 valence electrons. The summed E-state index contributed by atoms with van der Waals surface area (Å²) < 4.78 is 77.8. The van der Waals surface area contributed by atoms with Crippen molar-refractivity contribution in [1.29, 1.82) is 0 Å². The van der Waals surface area contributed by atoms with Crippen LogP contribution < -0.4 is 18.5 Å². The fraction of sp³-hybridized carbons (Fsp3) is 0.194. The van der Waals surface area contributed by atoms with E-state index in [1.54, 1.807) is 30.3 Å². The van der Waals surface area contributed by atoms with Gasteiger partial charge in [-0.25, -0.2) is 0 Å². The van der Waals surface area contributed by atoms with E-state index >= 15 is 0 Å². The summed E-state index contributed by atoms with van der Waals surface area (Å²) in [4.78, 5) is 14.1. The average molecular weight is 849 g/mol. The van der Waals surface area contributed by atoms with Crippen molar-refractivity contribution in [2.75, 3.05) is 7.11 Å². The summed E-state index contributed by atoms with van der Waals surface area (Å²) in [6.45, 7) is 7.38.